The summed E-state index contributed by atoms with van der Waals surface area (Å²) in [6, 6.07) is 16.1. The highest BCUT2D eigenvalue weighted by molar-refractivity contribution is 5.47. The van der Waals surface area contributed by atoms with E-state index in [2.05, 4.69) is 17.0 Å². The predicted octanol–water partition coefficient (Wildman–Crippen LogP) is 2.59. The van der Waals surface area contributed by atoms with E-state index in [9.17, 15) is 0 Å². The van der Waals surface area contributed by atoms with Crippen LogP contribution in [-0.4, -0.2) is 26.8 Å². The van der Waals surface area contributed by atoms with Gasteiger partial charge in [-0.2, -0.15) is 0 Å². The number of hydrogen-bond donors (Lipinski definition) is 1. The third-order valence-electron chi connectivity index (χ3n) is 3.66. The van der Waals surface area contributed by atoms with E-state index in [0.29, 0.717) is 13.2 Å². The van der Waals surface area contributed by atoms with Crippen LogP contribution in [0.5, 0.6) is 11.5 Å². The molecule has 0 bridgehead atoms. The van der Waals surface area contributed by atoms with Gasteiger partial charge < -0.3 is 20.1 Å². The van der Waals surface area contributed by atoms with Crippen molar-refractivity contribution in [1.82, 2.24) is 0 Å². The van der Waals surface area contributed by atoms with Crippen molar-refractivity contribution in [1.29, 1.82) is 0 Å². The first-order valence-electron chi connectivity index (χ1n) is 7.15. The van der Waals surface area contributed by atoms with Crippen molar-refractivity contribution in [2.45, 2.75) is 6.04 Å². The number of rotatable bonds is 4. The third-order valence-corrected chi connectivity index (χ3v) is 3.66. The molecule has 1 atom stereocenters. The number of fused-ring (bicyclic) bond motifs is 1. The van der Waals surface area contributed by atoms with Crippen molar-refractivity contribution < 1.29 is 9.47 Å². The standard InChI is InChI=1S/C17H20N2O2/c1-19(14-5-3-2-4-6-14)12-15(18)13-7-8-16-17(11-13)21-10-9-20-16/h2-8,11,15H,9-10,12,18H2,1H3. The molecule has 21 heavy (non-hydrogen) atoms. The minimum absolute atomic E-state index is 0.0777. The van der Waals surface area contributed by atoms with Crippen LogP contribution in [0.1, 0.15) is 11.6 Å². The Kier molecular flexibility index (Phi) is 3.97. The van der Waals surface area contributed by atoms with Gasteiger partial charge in [0.25, 0.3) is 0 Å². The van der Waals surface area contributed by atoms with Gasteiger partial charge in [-0.05, 0) is 29.8 Å². The Balaban J connectivity index is 1.72. The number of para-hydroxylation sites is 1. The Hall–Kier alpha value is -2.20. The molecule has 0 aromatic heterocycles. The molecule has 4 heteroatoms. The van der Waals surface area contributed by atoms with Crippen LogP contribution in [0.25, 0.3) is 0 Å². The maximum Gasteiger partial charge on any atom is 0.161 e. The molecule has 2 N–H and O–H groups in total. The fraction of sp³-hybridized carbons (Fsp3) is 0.294. The molecule has 0 radical (unpaired) electrons. The lowest BCUT2D eigenvalue weighted by molar-refractivity contribution is 0.171. The molecule has 1 heterocycles. The Bertz CT molecular complexity index is 601. The summed E-state index contributed by atoms with van der Waals surface area (Å²) in [5.74, 6) is 1.59. The quantitative estimate of drug-likeness (QED) is 0.937. The van der Waals surface area contributed by atoms with Crippen LogP contribution < -0.4 is 20.1 Å². The van der Waals surface area contributed by atoms with Crippen LogP contribution in [0, 0.1) is 0 Å². The zero-order valence-electron chi connectivity index (χ0n) is 12.2. The molecule has 0 spiro atoms. The van der Waals surface area contributed by atoms with Gasteiger partial charge in [0, 0.05) is 25.3 Å². The lowest BCUT2D eigenvalue weighted by Crippen LogP contribution is -2.29. The van der Waals surface area contributed by atoms with Crippen LogP contribution in [0.4, 0.5) is 5.69 Å². The average molecular weight is 284 g/mol. The molecule has 0 saturated heterocycles. The number of anilines is 1. The molecule has 1 aliphatic heterocycles. The van der Waals surface area contributed by atoms with E-state index in [1.54, 1.807) is 0 Å². The van der Waals surface area contributed by atoms with Crippen molar-refractivity contribution in [2.75, 3.05) is 31.7 Å². The molecular formula is C17H20N2O2. The van der Waals surface area contributed by atoms with Crippen molar-refractivity contribution in [2.24, 2.45) is 5.73 Å². The summed E-state index contributed by atoms with van der Waals surface area (Å²) >= 11 is 0. The SMILES string of the molecule is CN(CC(N)c1ccc2c(c1)OCCO2)c1ccccc1. The Labute approximate surface area is 125 Å². The van der Waals surface area contributed by atoms with Gasteiger partial charge in [-0.15, -0.1) is 0 Å². The zero-order valence-corrected chi connectivity index (χ0v) is 12.2. The molecule has 4 nitrogen and oxygen atoms in total. The van der Waals surface area contributed by atoms with Crippen molar-refractivity contribution in [3.63, 3.8) is 0 Å². The van der Waals surface area contributed by atoms with Crippen LogP contribution in [0.3, 0.4) is 0 Å². The van der Waals surface area contributed by atoms with Crippen molar-refractivity contribution in [3.05, 3.63) is 54.1 Å². The minimum Gasteiger partial charge on any atom is -0.486 e. The van der Waals surface area contributed by atoms with E-state index < -0.39 is 0 Å². The molecule has 1 aliphatic rings. The Morgan fingerprint density at radius 3 is 2.52 bits per heavy atom. The van der Waals surface area contributed by atoms with Gasteiger partial charge >= 0.3 is 0 Å². The zero-order chi connectivity index (χ0) is 14.7. The largest absolute Gasteiger partial charge is 0.486 e. The molecule has 0 amide bonds. The normalized spacial score (nSPS) is 14.6. The first-order chi connectivity index (χ1) is 10.2. The monoisotopic (exact) mass is 284 g/mol. The van der Waals surface area contributed by atoms with E-state index in [-0.39, 0.29) is 6.04 Å². The van der Waals surface area contributed by atoms with E-state index in [0.717, 1.165) is 29.3 Å². The summed E-state index contributed by atoms with van der Waals surface area (Å²) < 4.78 is 11.1. The maximum atomic E-state index is 6.33. The highest BCUT2D eigenvalue weighted by Gasteiger charge is 2.16. The topological polar surface area (TPSA) is 47.7 Å². The summed E-state index contributed by atoms with van der Waals surface area (Å²) in [4.78, 5) is 2.15. The number of benzene rings is 2. The minimum atomic E-state index is -0.0777. The first-order valence-corrected chi connectivity index (χ1v) is 7.15. The second kappa shape index (κ2) is 6.06. The second-order valence-corrected chi connectivity index (χ2v) is 5.23. The maximum absolute atomic E-state index is 6.33. The van der Waals surface area contributed by atoms with Gasteiger partial charge in [-0.25, -0.2) is 0 Å². The van der Waals surface area contributed by atoms with E-state index in [4.69, 9.17) is 15.2 Å². The molecule has 0 aliphatic carbocycles. The summed E-state index contributed by atoms with van der Waals surface area (Å²) in [5.41, 5.74) is 8.54. The highest BCUT2D eigenvalue weighted by Crippen LogP contribution is 2.32. The molecule has 1 unspecified atom stereocenters. The number of likely N-dealkylation sites (N-methyl/N-ethyl adjacent to an activating group) is 1. The Morgan fingerprint density at radius 2 is 1.76 bits per heavy atom. The molecule has 3 rings (SSSR count). The fourth-order valence-corrected chi connectivity index (χ4v) is 2.48. The second-order valence-electron chi connectivity index (χ2n) is 5.23. The molecule has 0 fully saturated rings. The van der Waals surface area contributed by atoms with Crippen LogP contribution in [0.15, 0.2) is 48.5 Å². The summed E-state index contributed by atoms with van der Waals surface area (Å²) in [5, 5.41) is 0. The number of nitrogens with zero attached hydrogens (tertiary/aromatic N) is 1. The highest BCUT2D eigenvalue weighted by atomic mass is 16.6. The molecule has 2 aromatic carbocycles. The van der Waals surface area contributed by atoms with E-state index in [1.165, 1.54) is 0 Å². The van der Waals surface area contributed by atoms with Gasteiger partial charge in [0.05, 0.1) is 0 Å². The summed E-state index contributed by atoms with van der Waals surface area (Å²) in [6.07, 6.45) is 0. The lowest BCUT2D eigenvalue weighted by atomic mass is 10.1. The summed E-state index contributed by atoms with van der Waals surface area (Å²) in [6.45, 7) is 1.94. The predicted molar refractivity (Wildman–Crippen MR) is 84.1 cm³/mol. The van der Waals surface area contributed by atoms with Gasteiger partial charge in [0.2, 0.25) is 0 Å². The lowest BCUT2D eigenvalue weighted by Gasteiger charge is -2.25. The van der Waals surface area contributed by atoms with Crippen molar-refractivity contribution in [3.8, 4) is 11.5 Å². The molecule has 2 aromatic rings. The van der Waals surface area contributed by atoms with Crippen LogP contribution in [-0.2, 0) is 0 Å². The molecule has 0 saturated carbocycles. The smallest absolute Gasteiger partial charge is 0.161 e. The van der Waals surface area contributed by atoms with Gasteiger partial charge in [-0.3, -0.25) is 0 Å². The van der Waals surface area contributed by atoms with Gasteiger partial charge in [0.15, 0.2) is 11.5 Å². The van der Waals surface area contributed by atoms with Crippen LogP contribution >= 0.6 is 0 Å². The molecular weight excluding hydrogens is 264 g/mol. The van der Waals surface area contributed by atoms with Crippen LogP contribution in [0.2, 0.25) is 0 Å². The van der Waals surface area contributed by atoms with Gasteiger partial charge in [-0.1, -0.05) is 24.3 Å². The number of hydrogen-bond acceptors (Lipinski definition) is 4. The molecule has 110 valence electrons. The number of ether oxygens (including phenoxy) is 2. The van der Waals surface area contributed by atoms with E-state index in [1.807, 2.05) is 43.4 Å². The summed E-state index contributed by atoms with van der Waals surface area (Å²) in [7, 11) is 2.05. The average Bonchev–Trinajstić information content (AvgIpc) is 2.55. The number of nitrogens with two attached hydrogens (primary N) is 1. The van der Waals surface area contributed by atoms with E-state index >= 15 is 0 Å². The fourth-order valence-electron chi connectivity index (χ4n) is 2.48. The van der Waals surface area contributed by atoms with Crippen molar-refractivity contribution >= 4 is 5.69 Å². The third kappa shape index (κ3) is 3.11. The Morgan fingerprint density at radius 1 is 1.05 bits per heavy atom. The first kappa shape index (κ1) is 13.8. The van der Waals surface area contributed by atoms with Gasteiger partial charge in [0.1, 0.15) is 13.2 Å².